The van der Waals surface area contributed by atoms with Crippen molar-refractivity contribution in [3.05, 3.63) is 102 Å². The lowest BCUT2D eigenvalue weighted by atomic mass is 9.55. The molecule has 2 heterocycles. The molecule has 0 saturated heterocycles. The van der Waals surface area contributed by atoms with Crippen molar-refractivity contribution in [3.63, 3.8) is 0 Å². The Morgan fingerprint density at radius 1 is 0.857 bits per heavy atom. The van der Waals surface area contributed by atoms with E-state index in [-0.39, 0.29) is 56.8 Å². The van der Waals surface area contributed by atoms with E-state index >= 15 is 4.79 Å². The molecule has 3 aromatic carbocycles. The SMILES string of the molecule is C=CCOC12Oc3ccc(Oc4cccc(C=O)c4)cc3C3C(CCCCO)C(CCCCO)C=C(C(=NOC(C)(C)C)CC1N(Cc1ccc4c(c1)OCO4)C(=O)CCCCCCCCCCC)C32. The normalized spacial score (nSPS) is 22.6. The molecule has 380 valence electrons. The Labute approximate surface area is 416 Å². The van der Waals surface area contributed by atoms with Gasteiger partial charge in [0.1, 0.15) is 35.2 Å². The van der Waals surface area contributed by atoms with E-state index in [9.17, 15) is 15.0 Å². The van der Waals surface area contributed by atoms with E-state index in [0.29, 0.717) is 60.0 Å². The van der Waals surface area contributed by atoms with Crippen molar-refractivity contribution in [2.24, 2.45) is 22.9 Å². The summed E-state index contributed by atoms with van der Waals surface area (Å²) >= 11 is 0. The summed E-state index contributed by atoms with van der Waals surface area (Å²) in [5, 5.41) is 25.2. The minimum Gasteiger partial charge on any atom is -0.459 e. The van der Waals surface area contributed by atoms with E-state index in [2.05, 4.69) is 25.6 Å². The average Bonchev–Trinajstić information content (AvgIpc) is 3.83. The maximum Gasteiger partial charge on any atom is 0.239 e. The van der Waals surface area contributed by atoms with Crippen LogP contribution in [0, 0.1) is 17.8 Å². The summed E-state index contributed by atoms with van der Waals surface area (Å²) in [7, 11) is 0. The van der Waals surface area contributed by atoms with Gasteiger partial charge in [-0.15, -0.1) is 6.58 Å². The van der Waals surface area contributed by atoms with Gasteiger partial charge in [0.15, 0.2) is 11.5 Å². The number of ether oxygens (including phenoxy) is 5. The van der Waals surface area contributed by atoms with Gasteiger partial charge in [-0.25, -0.2) is 0 Å². The zero-order valence-corrected chi connectivity index (χ0v) is 42.2. The van der Waals surface area contributed by atoms with Crippen LogP contribution in [0.25, 0.3) is 0 Å². The number of unbranched alkanes of at least 4 members (excludes halogenated alkanes) is 10. The van der Waals surface area contributed by atoms with Crippen molar-refractivity contribution < 1.29 is 48.3 Å². The molecule has 0 spiro atoms. The first kappa shape index (κ1) is 52.6. The fourth-order valence-electron chi connectivity index (χ4n) is 11.0. The molecule has 7 rings (SSSR count). The summed E-state index contributed by atoms with van der Waals surface area (Å²) in [6.45, 7) is 13.0. The van der Waals surface area contributed by atoms with Crippen molar-refractivity contribution in [2.75, 3.05) is 26.6 Å². The van der Waals surface area contributed by atoms with Gasteiger partial charge < -0.3 is 43.6 Å². The monoisotopic (exact) mass is 963 g/mol. The third-order valence-electron chi connectivity index (χ3n) is 14.3. The molecule has 2 aliphatic carbocycles. The van der Waals surface area contributed by atoms with Crippen molar-refractivity contribution in [1.29, 1.82) is 0 Å². The van der Waals surface area contributed by atoms with Crippen LogP contribution in [-0.2, 0) is 20.9 Å². The second-order valence-electron chi connectivity index (χ2n) is 20.6. The number of carbonyl (C=O) groups excluding carboxylic acids is 2. The van der Waals surface area contributed by atoms with Crippen LogP contribution in [0.2, 0.25) is 0 Å². The Morgan fingerprint density at radius 2 is 1.57 bits per heavy atom. The van der Waals surface area contributed by atoms with Crippen LogP contribution in [0.15, 0.2) is 90.1 Å². The maximum atomic E-state index is 15.4. The lowest BCUT2D eigenvalue weighted by molar-refractivity contribution is -0.258. The van der Waals surface area contributed by atoms with Crippen LogP contribution in [0.1, 0.15) is 164 Å². The van der Waals surface area contributed by atoms with E-state index < -0.39 is 23.3 Å². The van der Waals surface area contributed by atoms with E-state index in [4.69, 9.17) is 33.7 Å². The number of hydrogen-bond acceptors (Lipinski definition) is 11. The molecule has 1 amide bonds. The van der Waals surface area contributed by atoms with Gasteiger partial charge in [-0.2, -0.15) is 0 Å². The Balaban J connectivity index is 1.38. The van der Waals surface area contributed by atoms with Crippen LogP contribution < -0.4 is 18.9 Å². The fraction of sp³-hybridized carbons (Fsp3) is 0.569. The number of rotatable bonds is 28. The lowest BCUT2D eigenvalue weighted by Crippen LogP contribution is -2.70. The number of aliphatic hydroxyl groups is 2. The number of aliphatic hydroxyl groups excluding tert-OH is 2. The second-order valence-corrected chi connectivity index (χ2v) is 20.6. The molecule has 1 saturated carbocycles. The zero-order chi connectivity index (χ0) is 49.5. The number of nitrogens with zero attached hydrogens (tertiary/aromatic N) is 2. The summed E-state index contributed by atoms with van der Waals surface area (Å²) in [4.78, 5) is 35.5. The first-order chi connectivity index (χ1) is 34.0. The number of benzene rings is 3. The van der Waals surface area contributed by atoms with Crippen LogP contribution >= 0.6 is 0 Å². The predicted molar refractivity (Wildman–Crippen MR) is 273 cm³/mol. The smallest absolute Gasteiger partial charge is 0.239 e. The van der Waals surface area contributed by atoms with Gasteiger partial charge in [0, 0.05) is 49.6 Å². The lowest BCUT2D eigenvalue weighted by Gasteiger charge is -2.60. The number of fused-ring (bicyclic) bond motifs is 3. The molecule has 3 aromatic rings. The highest BCUT2D eigenvalue weighted by Gasteiger charge is 2.65. The molecule has 4 aliphatic rings. The Bertz CT molecular complexity index is 2270. The van der Waals surface area contributed by atoms with Gasteiger partial charge in [-0.3, -0.25) is 9.59 Å². The Morgan fingerprint density at radius 3 is 2.30 bits per heavy atom. The number of amides is 1. The number of oxime groups is 1. The first-order valence-electron chi connectivity index (χ1n) is 26.2. The van der Waals surface area contributed by atoms with E-state index in [1.165, 1.54) is 32.1 Å². The van der Waals surface area contributed by atoms with Gasteiger partial charge in [-0.1, -0.05) is 107 Å². The van der Waals surface area contributed by atoms with Gasteiger partial charge >= 0.3 is 0 Å². The highest BCUT2D eigenvalue weighted by Crippen LogP contribution is 2.62. The maximum absolute atomic E-state index is 15.4. The van der Waals surface area contributed by atoms with Crippen LogP contribution in [0.5, 0.6) is 28.7 Å². The molecular formula is C58H78N2O10. The van der Waals surface area contributed by atoms with E-state index in [0.717, 1.165) is 80.1 Å². The molecular weight excluding hydrogens is 885 g/mol. The largest absolute Gasteiger partial charge is 0.459 e. The quantitative estimate of drug-likeness (QED) is 0.0312. The first-order valence-corrected chi connectivity index (χ1v) is 26.2. The molecule has 6 atom stereocenters. The number of aldehydes is 1. The minimum absolute atomic E-state index is 0.000134. The van der Waals surface area contributed by atoms with E-state index in [1.807, 2.05) is 62.1 Å². The third kappa shape index (κ3) is 13.0. The highest BCUT2D eigenvalue weighted by molar-refractivity contribution is 6.03. The van der Waals surface area contributed by atoms with Crippen molar-refractivity contribution in [2.45, 2.75) is 167 Å². The summed E-state index contributed by atoms with van der Waals surface area (Å²) in [5.41, 5.74) is 3.43. The predicted octanol–water partition coefficient (Wildman–Crippen LogP) is 12.4. The minimum atomic E-state index is -1.42. The third-order valence-corrected chi connectivity index (χ3v) is 14.3. The molecule has 2 aliphatic heterocycles. The van der Waals surface area contributed by atoms with Crippen molar-refractivity contribution in [3.8, 4) is 28.7 Å². The number of hydrogen-bond donors (Lipinski definition) is 2. The molecule has 0 aromatic heterocycles. The molecule has 12 heteroatoms. The number of allylic oxidation sites excluding steroid dienone is 1. The molecule has 1 fully saturated rings. The summed E-state index contributed by atoms with van der Waals surface area (Å²) in [5.74, 6) is 1.01. The molecule has 0 radical (unpaired) electrons. The van der Waals surface area contributed by atoms with Crippen molar-refractivity contribution in [1.82, 2.24) is 4.90 Å². The Kier molecular flexibility index (Phi) is 19.0. The fourth-order valence-corrected chi connectivity index (χ4v) is 11.0. The average molecular weight is 963 g/mol. The van der Waals surface area contributed by atoms with Crippen LogP contribution in [0.3, 0.4) is 0 Å². The topological polar surface area (TPSA) is 146 Å². The summed E-state index contributed by atoms with van der Waals surface area (Å²) < 4.78 is 32.9. The number of carbonyl (C=O) groups is 2. The van der Waals surface area contributed by atoms with Gasteiger partial charge in [0.2, 0.25) is 18.5 Å². The second kappa shape index (κ2) is 25.3. The van der Waals surface area contributed by atoms with Gasteiger partial charge in [-0.05, 0) is 118 Å². The molecule has 12 nitrogen and oxygen atoms in total. The summed E-state index contributed by atoms with van der Waals surface area (Å²) in [6.07, 6.45) is 20.3. The standard InChI is InChI=1S/C58H78N2O10/c1-6-8-9-10-11-12-13-14-15-25-54(64)60(38-41-26-28-51-52(34-41)66-40-65-51)53-37-49(59-70-57(3,4)5)47-35-43(22-16-18-30-61)46(24-17-19-31-62)55-48-36-45(68-44-23-20-21-42(33-44)39-63)27-29-50(48)69-58(53,56(47)55)67-32-7-2/h7,20-21,23,26-29,33-36,39,43,46,53,55-56,61-62H,2,6,8-19,22,24-25,30-32,37-38,40H2,1,3-5H3. The molecule has 0 bridgehead atoms. The highest BCUT2D eigenvalue weighted by atomic mass is 16.7. The summed E-state index contributed by atoms with van der Waals surface area (Å²) in [6, 6.07) is 18.2. The Hall–Kier alpha value is -5.17. The zero-order valence-electron chi connectivity index (χ0n) is 42.2. The van der Waals surface area contributed by atoms with Crippen LogP contribution in [-0.4, -0.2) is 77.1 Å². The van der Waals surface area contributed by atoms with Crippen LogP contribution in [0.4, 0.5) is 0 Å². The molecule has 2 N–H and O–H groups in total. The van der Waals surface area contributed by atoms with E-state index in [1.54, 1.807) is 24.3 Å². The molecule has 6 unspecified atom stereocenters. The van der Waals surface area contributed by atoms with Gasteiger partial charge in [0.25, 0.3) is 0 Å². The van der Waals surface area contributed by atoms with Crippen molar-refractivity contribution >= 4 is 17.9 Å². The molecule has 70 heavy (non-hydrogen) atoms. The van der Waals surface area contributed by atoms with Gasteiger partial charge in [0.05, 0.1) is 18.2 Å².